The number of sulfonamides is 1. The molecule has 0 fully saturated rings. The van der Waals surface area contributed by atoms with Crippen molar-refractivity contribution in [3.05, 3.63) is 18.0 Å². The standard InChI is InChI=1S/C8H12N2O4S/c1-2-3-10-5-6(15(9,13)14)4-7(10)8(11)12/h4-5H,2-3H2,1H3,(H,11,12)(H2,9,13,14). The minimum Gasteiger partial charge on any atom is -0.477 e. The van der Waals surface area contributed by atoms with Crippen LogP contribution < -0.4 is 5.14 Å². The highest BCUT2D eigenvalue weighted by Gasteiger charge is 2.17. The van der Waals surface area contributed by atoms with Gasteiger partial charge in [-0.2, -0.15) is 0 Å². The van der Waals surface area contributed by atoms with E-state index in [4.69, 9.17) is 10.2 Å². The van der Waals surface area contributed by atoms with Gasteiger partial charge in [-0.1, -0.05) is 6.92 Å². The van der Waals surface area contributed by atoms with Crippen molar-refractivity contribution in [2.24, 2.45) is 5.14 Å². The molecule has 0 atom stereocenters. The summed E-state index contributed by atoms with van der Waals surface area (Å²) in [6, 6.07) is 1.06. The molecule has 0 aliphatic heterocycles. The lowest BCUT2D eigenvalue weighted by molar-refractivity contribution is 0.0685. The monoisotopic (exact) mass is 232 g/mol. The second-order valence-corrected chi connectivity index (χ2v) is 4.67. The number of hydrogen-bond acceptors (Lipinski definition) is 3. The third kappa shape index (κ3) is 2.57. The fourth-order valence-corrected chi connectivity index (χ4v) is 1.79. The number of nitrogens with two attached hydrogens (primary N) is 1. The first-order valence-corrected chi connectivity index (χ1v) is 5.87. The maximum absolute atomic E-state index is 11.0. The van der Waals surface area contributed by atoms with Crippen molar-refractivity contribution < 1.29 is 18.3 Å². The number of hydrogen-bond donors (Lipinski definition) is 2. The SMILES string of the molecule is CCCn1cc(S(N)(=O)=O)cc1C(=O)O. The molecule has 3 N–H and O–H groups in total. The molecule has 0 radical (unpaired) electrons. The average Bonchev–Trinajstić information content (AvgIpc) is 2.48. The second kappa shape index (κ2) is 4.03. The summed E-state index contributed by atoms with van der Waals surface area (Å²) in [5, 5.41) is 13.7. The maximum atomic E-state index is 11.0. The highest BCUT2D eigenvalue weighted by molar-refractivity contribution is 7.89. The van der Waals surface area contributed by atoms with E-state index in [0.29, 0.717) is 13.0 Å². The van der Waals surface area contributed by atoms with Crippen LogP contribution in [0.25, 0.3) is 0 Å². The Labute approximate surface area is 87.4 Å². The largest absolute Gasteiger partial charge is 0.477 e. The van der Waals surface area contributed by atoms with Gasteiger partial charge in [-0.15, -0.1) is 0 Å². The van der Waals surface area contributed by atoms with E-state index in [2.05, 4.69) is 0 Å². The van der Waals surface area contributed by atoms with Crippen LogP contribution in [-0.4, -0.2) is 24.1 Å². The number of aromatic nitrogens is 1. The van der Waals surface area contributed by atoms with Crippen molar-refractivity contribution in [2.45, 2.75) is 24.8 Å². The first-order valence-electron chi connectivity index (χ1n) is 4.32. The van der Waals surface area contributed by atoms with E-state index in [-0.39, 0.29) is 10.6 Å². The van der Waals surface area contributed by atoms with Crippen molar-refractivity contribution in [3.63, 3.8) is 0 Å². The lowest BCUT2D eigenvalue weighted by Gasteiger charge is -2.02. The van der Waals surface area contributed by atoms with Gasteiger partial charge in [0.25, 0.3) is 0 Å². The lowest BCUT2D eigenvalue weighted by Crippen LogP contribution is -2.11. The van der Waals surface area contributed by atoms with Crippen molar-refractivity contribution in [3.8, 4) is 0 Å². The summed E-state index contributed by atoms with van der Waals surface area (Å²) in [5.74, 6) is -1.17. The summed E-state index contributed by atoms with van der Waals surface area (Å²) in [4.78, 5) is 10.6. The van der Waals surface area contributed by atoms with Gasteiger partial charge in [-0.25, -0.2) is 18.4 Å². The van der Waals surface area contributed by atoms with Crippen LogP contribution >= 0.6 is 0 Å². The molecule has 0 unspecified atom stereocenters. The zero-order valence-corrected chi connectivity index (χ0v) is 8.99. The summed E-state index contributed by atoms with van der Waals surface area (Å²) < 4.78 is 23.4. The summed E-state index contributed by atoms with van der Waals surface area (Å²) in [7, 11) is -3.84. The van der Waals surface area contributed by atoms with Gasteiger partial charge in [0, 0.05) is 12.7 Å². The van der Waals surface area contributed by atoms with Crippen LogP contribution in [0.15, 0.2) is 17.2 Å². The molecule has 0 amide bonds. The van der Waals surface area contributed by atoms with Crippen LogP contribution in [-0.2, 0) is 16.6 Å². The Kier molecular flexibility index (Phi) is 3.15. The normalized spacial score (nSPS) is 11.6. The zero-order valence-electron chi connectivity index (χ0n) is 8.17. The molecular formula is C8H12N2O4S. The molecule has 84 valence electrons. The first kappa shape index (κ1) is 11.7. The Morgan fingerprint density at radius 2 is 2.20 bits per heavy atom. The summed E-state index contributed by atoms with van der Waals surface area (Å²) in [5.41, 5.74) is -0.0686. The summed E-state index contributed by atoms with van der Waals surface area (Å²) in [6.07, 6.45) is 1.95. The van der Waals surface area contributed by atoms with Crippen LogP contribution in [0.3, 0.4) is 0 Å². The molecule has 0 aliphatic rings. The quantitative estimate of drug-likeness (QED) is 0.776. The Morgan fingerprint density at radius 3 is 2.60 bits per heavy atom. The fraction of sp³-hybridized carbons (Fsp3) is 0.375. The highest BCUT2D eigenvalue weighted by atomic mass is 32.2. The van der Waals surface area contributed by atoms with Gasteiger partial charge >= 0.3 is 5.97 Å². The Morgan fingerprint density at radius 1 is 1.60 bits per heavy atom. The zero-order chi connectivity index (χ0) is 11.6. The lowest BCUT2D eigenvalue weighted by atomic mass is 10.4. The number of rotatable bonds is 4. The smallest absolute Gasteiger partial charge is 0.352 e. The van der Waals surface area contributed by atoms with Gasteiger partial charge in [-0.3, -0.25) is 0 Å². The molecule has 1 aromatic heterocycles. The molecule has 0 aromatic carbocycles. The topological polar surface area (TPSA) is 102 Å². The average molecular weight is 232 g/mol. The van der Waals surface area contributed by atoms with Crippen LogP contribution in [0.5, 0.6) is 0 Å². The highest BCUT2D eigenvalue weighted by Crippen LogP contribution is 2.13. The Bertz CT molecular complexity index is 475. The third-order valence-corrected chi connectivity index (χ3v) is 2.76. The fourth-order valence-electron chi connectivity index (χ4n) is 1.24. The van der Waals surface area contributed by atoms with Crippen LogP contribution in [0.4, 0.5) is 0 Å². The first-order chi connectivity index (χ1) is 6.86. The number of primary sulfonamides is 1. The minimum atomic E-state index is -3.84. The predicted molar refractivity (Wildman–Crippen MR) is 53.1 cm³/mol. The van der Waals surface area contributed by atoms with Gasteiger partial charge in [0.15, 0.2) is 0 Å². The number of aromatic carboxylic acids is 1. The van der Waals surface area contributed by atoms with Gasteiger partial charge in [0.05, 0.1) is 0 Å². The van der Waals surface area contributed by atoms with E-state index in [1.807, 2.05) is 6.92 Å². The number of carboxylic acid groups (broad SMARTS) is 1. The Balaban J connectivity index is 3.27. The van der Waals surface area contributed by atoms with E-state index < -0.39 is 16.0 Å². The minimum absolute atomic E-state index is 0.0686. The summed E-state index contributed by atoms with van der Waals surface area (Å²) >= 11 is 0. The Hall–Kier alpha value is -1.34. The molecule has 0 saturated carbocycles. The molecule has 0 spiro atoms. The number of nitrogens with zero attached hydrogens (tertiary/aromatic N) is 1. The summed E-state index contributed by atoms with van der Waals surface area (Å²) in [6.45, 7) is 2.30. The van der Waals surface area contributed by atoms with E-state index in [1.165, 1.54) is 10.8 Å². The van der Waals surface area contributed by atoms with E-state index in [9.17, 15) is 13.2 Å². The van der Waals surface area contributed by atoms with Crippen molar-refractivity contribution in [1.29, 1.82) is 0 Å². The van der Waals surface area contributed by atoms with Crippen LogP contribution in [0, 0.1) is 0 Å². The molecule has 1 rings (SSSR count). The van der Waals surface area contributed by atoms with Crippen molar-refractivity contribution in [2.75, 3.05) is 0 Å². The number of aryl methyl sites for hydroxylation is 1. The van der Waals surface area contributed by atoms with E-state index >= 15 is 0 Å². The van der Waals surface area contributed by atoms with Crippen molar-refractivity contribution in [1.82, 2.24) is 4.57 Å². The predicted octanol–water partition coefficient (Wildman–Crippen LogP) is 0.244. The van der Waals surface area contributed by atoms with Gasteiger partial charge in [0.2, 0.25) is 10.0 Å². The third-order valence-electron chi connectivity index (χ3n) is 1.88. The van der Waals surface area contributed by atoms with E-state index in [0.717, 1.165) is 6.07 Å². The molecular weight excluding hydrogens is 220 g/mol. The number of carbonyl (C=O) groups is 1. The van der Waals surface area contributed by atoms with E-state index in [1.54, 1.807) is 0 Å². The molecule has 15 heavy (non-hydrogen) atoms. The molecule has 1 heterocycles. The molecule has 0 saturated heterocycles. The van der Waals surface area contributed by atoms with Crippen LogP contribution in [0.2, 0.25) is 0 Å². The van der Waals surface area contributed by atoms with Crippen LogP contribution in [0.1, 0.15) is 23.8 Å². The molecule has 6 nitrogen and oxygen atoms in total. The number of carboxylic acids is 1. The molecule has 7 heteroatoms. The van der Waals surface area contributed by atoms with Gasteiger partial charge in [0.1, 0.15) is 10.6 Å². The molecule has 0 aliphatic carbocycles. The van der Waals surface area contributed by atoms with Gasteiger partial charge < -0.3 is 9.67 Å². The molecule has 0 bridgehead atoms. The molecule has 1 aromatic rings. The van der Waals surface area contributed by atoms with Crippen molar-refractivity contribution >= 4 is 16.0 Å². The maximum Gasteiger partial charge on any atom is 0.352 e. The second-order valence-electron chi connectivity index (χ2n) is 3.10. The van der Waals surface area contributed by atoms with Gasteiger partial charge in [-0.05, 0) is 12.5 Å².